The quantitative estimate of drug-likeness (QED) is 0.174. The summed E-state index contributed by atoms with van der Waals surface area (Å²) in [5.41, 5.74) is 3.68. The van der Waals surface area contributed by atoms with Crippen LogP contribution in [0.15, 0.2) is 0 Å². The Morgan fingerprint density at radius 2 is 1.04 bits per heavy atom. The lowest BCUT2D eigenvalue weighted by atomic mass is 9.87. The molecule has 258 valence electrons. The fourth-order valence-corrected chi connectivity index (χ4v) is 4.29. The van der Waals surface area contributed by atoms with Crippen molar-refractivity contribution >= 4 is 41.2 Å². The molecule has 0 spiro atoms. The van der Waals surface area contributed by atoms with Crippen LogP contribution in [0.2, 0.25) is 0 Å². The van der Waals surface area contributed by atoms with Crippen LogP contribution >= 0.6 is 0 Å². The van der Waals surface area contributed by atoms with E-state index in [-0.39, 0.29) is 31.5 Å². The molecule has 0 aromatic carbocycles. The number of hydrogen-bond acceptors (Lipinski definition) is 11. The van der Waals surface area contributed by atoms with Crippen molar-refractivity contribution in [3.63, 3.8) is 0 Å². The molecule has 0 aliphatic rings. The van der Waals surface area contributed by atoms with Crippen LogP contribution in [0.5, 0.6) is 0 Å². The molecule has 0 saturated carbocycles. The highest BCUT2D eigenvalue weighted by Gasteiger charge is 2.34. The van der Waals surface area contributed by atoms with Gasteiger partial charge < -0.3 is 25.3 Å². The molecule has 0 radical (unpaired) electrons. The van der Waals surface area contributed by atoms with E-state index in [9.17, 15) is 33.6 Å². The molecule has 0 aliphatic heterocycles. The minimum absolute atomic E-state index is 0.0840. The van der Waals surface area contributed by atoms with Crippen LogP contribution in [0, 0.1) is 17.8 Å². The predicted octanol–water partition coefficient (Wildman–Crippen LogP) is 3.78. The van der Waals surface area contributed by atoms with Gasteiger partial charge in [-0.05, 0) is 81.6 Å². The van der Waals surface area contributed by atoms with Gasteiger partial charge >= 0.3 is 17.9 Å². The van der Waals surface area contributed by atoms with E-state index in [0.717, 1.165) is 0 Å². The average molecular weight is 641 g/mol. The number of carbonyl (C=O) groups excluding carboxylic acids is 7. The molecule has 0 fully saturated rings. The summed E-state index contributed by atoms with van der Waals surface area (Å²) in [6.45, 7) is 19.9. The van der Waals surface area contributed by atoms with Gasteiger partial charge in [0.2, 0.25) is 5.91 Å². The Morgan fingerprint density at radius 3 is 1.47 bits per heavy atom. The average Bonchev–Trinajstić information content (AvgIpc) is 2.80. The molecular formula is C33H56N2O10. The summed E-state index contributed by atoms with van der Waals surface area (Å²) in [7, 11) is 0. The number of nitrogens with one attached hydrogen (secondary N) is 1. The molecule has 1 amide bonds. The molecule has 0 bridgehead atoms. The van der Waals surface area contributed by atoms with Gasteiger partial charge in [-0.1, -0.05) is 13.8 Å². The van der Waals surface area contributed by atoms with Crippen molar-refractivity contribution in [1.29, 1.82) is 0 Å². The fourth-order valence-electron chi connectivity index (χ4n) is 4.29. The van der Waals surface area contributed by atoms with Gasteiger partial charge in [-0.2, -0.15) is 0 Å². The van der Waals surface area contributed by atoms with Crippen molar-refractivity contribution in [3.8, 4) is 0 Å². The van der Waals surface area contributed by atoms with Gasteiger partial charge in [-0.25, -0.2) is 0 Å². The van der Waals surface area contributed by atoms with E-state index in [4.69, 9.17) is 19.9 Å². The summed E-state index contributed by atoms with van der Waals surface area (Å²) in [4.78, 5) is 89.3. The molecule has 0 aromatic heterocycles. The van der Waals surface area contributed by atoms with Crippen LogP contribution in [-0.2, 0) is 47.8 Å². The van der Waals surface area contributed by atoms with E-state index < -0.39 is 94.9 Å². The second-order valence-electron chi connectivity index (χ2n) is 14.9. The zero-order valence-corrected chi connectivity index (χ0v) is 29.3. The van der Waals surface area contributed by atoms with Crippen LogP contribution < -0.4 is 11.1 Å². The lowest BCUT2D eigenvalue weighted by Crippen LogP contribution is -2.48. The number of rotatable bonds is 17. The first-order chi connectivity index (χ1) is 20.2. The molecule has 0 heterocycles. The van der Waals surface area contributed by atoms with E-state index in [1.165, 1.54) is 6.92 Å². The molecule has 45 heavy (non-hydrogen) atoms. The maximum absolute atomic E-state index is 13.5. The van der Waals surface area contributed by atoms with Gasteiger partial charge in [0.1, 0.15) is 22.6 Å². The van der Waals surface area contributed by atoms with Crippen LogP contribution in [0.25, 0.3) is 0 Å². The number of ketones is 3. The minimum atomic E-state index is -1.25. The summed E-state index contributed by atoms with van der Waals surface area (Å²) in [5.74, 6) is -6.40. The summed E-state index contributed by atoms with van der Waals surface area (Å²) in [5, 5.41) is 2.69. The number of amides is 1. The van der Waals surface area contributed by atoms with Crippen molar-refractivity contribution in [3.05, 3.63) is 0 Å². The molecule has 4 atom stereocenters. The van der Waals surface area contributed by atoms with Crippen molar-refractivity contribution in [1.82, 2.24) is 5.32 Å². The standard InChI is InChI=1S/C33H56N2O10/c1-19(2)29(25(38)16-22(20(3)36)17-27(40)44-32(7,8)9)35-30(42)21(13-14-26(39)43-31(4,5)6)15-24(37)23(34)18-28(41)45-33(10,11)12/h19,21-23,29H,13-18,34H2,1-12H3,(H,35,42)/t21?,22?,23?,29-/m1/s1. The number of esters is 3. The lowest BCUT2D eigenvalue weighted by molar-refractivity contribution is -0.158. The smallest absolute Gasteiger partial charge is 0.308 e. The third kappa shape index (κ3) is 19.1. The molecule has 0 rings (SSSR count). The SMILES string of the molecule is CC(=O)C(CC(=O)OC(C)(C)C)CC(=O)[C@H](NC(=O)C(CCC(=O)OC(C)(C)C)CC(=O)C(N)CC(=O)OC(C)(C)C)C(C)C. The molecule has 0 saturated heterocycles. The Kier molecular flexibility index (Phi) is 16.3. The molecular weight excluding hydrogens is 584 g/mol. The molecule has 12 heteroatoms. The third-order valence-electron chi connectivity index (χ3n) is 6.32. The maximum atomic E-state index is 13.5. The van der Waals surface area contributed by atoms with Gasteiger partial charge in [0.15, 0.2) is 11.6 Å². The number of nitrogens with two attached hydrogens (primary N) is 1. The zero-order chi connectivity index (χ0) is 35.5. The largest absolute Gasteiger partial charge is 0.460 e. The Bertz CT molecular complexity index is 1080. The highest BCUT2D eigenvalue weighted by atomic mass is 16.6. The Hall–Kier alpha value is -3.15. The van der Waals surface area contributed by atoms with Crippen molar-refractivity contribution in [2.24, 2.45) is 23.5 Å². The van der Waals surface area contributed by atoms with Crippen LogP contribution in [-0.4, -0.2) is 70.1 Å². The Labute approximate surface area is 268 Å². The van der Waals surface area contributed by atoms with Gasteiger partial charge in [0.05, 0.1) is 24.9 Å². The maximum Gasteiger partial charge on any atom is 0.308 e. The van der Waals surface area contributed by atoms with Crippen molar-refractivity contribution < 1.29 is 47.8 Å². The Balaban J connectivity index is 5.89. The van der Waals surface area contributed by atoms with E-state index in [1.807, 2.05) is 0 Å². The number of carbonyl (C=O) groups is 7. The second kappa shape index (κ2) is 17.5. The van der Waals surface area contributed by atoms with Gasteiger partial charge in [0, 0.05) is 31.1 Å². The van der Waals surface area contributed by atoms with Crippen LogP contribution in [0.1, 0.15) is 122 Å². The van der Waals surface area contributed by atoms with E-state index in [2.05, 4.69) is 5.32 Å². The predicted molar refractivity (Wildman–Crippen MR) is 168 cm³/mol. The number of Topliss-reactive ketones (excluding diaryl/α,β-unsaturated/α-hetero) is 3. The first-order valence-corrected chi connectivity index (χ1v) is 15.5. The first kappa shape index (κ1) is 41.9. The fraction of sp³-hybridized carbons (Fsp3) is 0.788. The molecule has 0 aromatic rings. The lowest BCUT2D eigenvalue weighted by Gasteiger charge is -2.27. The first-order valence-electron chi connectivity index (χ1n) is 15.5. The molecule has 12 nitrogen and oxygen atoms in total. The summed E-state index contributed by atoms with van der Waals surface area (Å²) >= 11 is 0. The van der Waals surface area contributed by atoms with E-state index in [1.54, 1.807) is 76.2 Å². The molecule has 0 aliphatic carbocycles. The summed E-state index contributed by atoms with van der Waals surface area (Å²) in [6.07, 6.45) is -1.66. The van der Waals surface area contributed by atoms with Crippen molar-refractivity contribution in [2.45, 2.75) is 150 Å². The second-order valence-corrected chi connectivity index (χ2v) is 14.9. The monoisotopic (exact) mass is 640 g/mol. The number of hydrogen-bond donors (Lipinski definition) is 2. The van der Waals surface area contributed by atoms with Gasteiger partial charge in [-0.3, -0.25) is 33.6 Å². The normalized spacial score (nSPS) is 14.9. The van der Waals surface area contributed by atoms with Crippen LogP contribution in [0.3, 0.4) is 0 Å². The van der Waals surface area contributed by atoms with Gasteiger partial charge in [0.25, 0.3) is 0 Å². The number of ether oxygens (including phenoxy) is 3. The van der Waals surface area contributed by atoms with Crippen LogP contribution in [0.4, 0.5) is 0 Å². The summed E-state index contributed by atoms with van der Waals surface area (Å²) in [6, 6.07) is -2.30. The van der Waals surface area contributed by atoms with Crippen molar-refractivity contribution in [2.75, 3.05) is 0 Å². The highest BCUT2D eigenvalue weighted by molar-refractivity contribution is 5.96. The Morgan fingerprint density at radius 1 is 0.622 bits per heavy atom. The molecule has 3 N–H and O–H groups in total. The molecule has 3 unspecified atom stereocenters. The summed E-state index contributed by atoms with van der Waals surface area (Å²) < 4.78 is 15.9. The minimum Gasteiger partial charge on any atom is -0.460 e. The topological polar surface area (TPSA) is 185 Å². The van der Waals surface area contributed by atoms with E-state index in [0.29, 0.717) is 0 Å². The highest BCUT2D eigenvalue weighted by Crippen LogP contribution is 2.21. The zero-order valence-electron chi connectivity index (χ0n) is 29.3. The third-order valence-corrected chi connectivity index (χ3v) is 6.32. The van der Waals surface area contributed by atoms with Gasteiger partial charge in [-0.15, -0.1) is 0 Å². The van der Waals surface area contributed by atoms with E-state index >= 15 is 0 Å².